The summed E-state index contributed by atoms with van der Waals surface area (Å²) in [6.45, 7) is 0. The number of amides is 1. The van der Waals surface area contributed by atoms with Crippen molar-refractivity contribution in [2.24, 2.45) is 0 Å². The summed E-state index contributed by atoms with van der Waals surface area (Å²) in [6, 6.07) is 19.2. The van der Waals surface area contributed by atoms with E-state index >= 15 is 0 Å². The summed E-state index contributed by atoms with van der Waals surface area (Å²) in [7, 11) is 1.50. The average Bonchev–Trinajstić information content (AvgIpc) is 2.75. The molecule has 0 atom stereocenters. The van der Waals surface area contributed by atoms with E-state index in [1.807, 2.05) is 6.07 Å². The third-order valence-corrected chi connectivity index (χ3v) is 4.24. The molecule has 4 aromatic rings. The lowest BCUT2D eigenvalue weighted by Crippen LogP contribution is -2.26. The van der Waals surface area contributed by atoms with Crippen LogP contribution in [0.15, 0.2) is 77.7 Å². The van der Waals surface area contributed by atoms with Gasteiger partial charge in [0.25, 0.3) is 11.5 Å². The van der Waals surface area contributed by atoms with Gasteiger partial charge in [-0.3, -0.25) is 9.59 Å². The lowest BCUT2D eigenvalue weighted by Gasteiger charge is -2.12. The van der Waals surface area contributed by atoms with E-state index in [-0.39, 0.29) is 17.1 Å². The van der Waals surface area contributed by atoms with Crippen LogP contribution in [0.25, 0.3) is 16.5 Å². The maximum absolute atomic E-state index is 13.0. The van der Waals surface area contributed by atoms with Crippen molar-refractivity contribution in [2.45, 2.75) is 0 Å². The normalized spacial score (nSPS) is 10.6. The van der Waals surface area contributed by atoms with Gasteiger partial charge < -0.3 is 10.1 Å². The number of methoxy groups -OCH3 is 1. The van der Waals surface area contributed by atoms with E-state index in [2.05, 4.69) is 15.4 Å². The molecule has 0 bridgehead atoms. The van der Waals surface area contributed by atoms with E-state index in [0.29, 0.717) is 22.2 Å². The Labute approximate surface area is 160 Å². The Balaban J connectivity index is 1.87. The van der Waals surface area contributed by atoms with Crippen LogP contribution in [0.5, 0.6) is 5.75 Å². The number of pyridine rings is 1. The quantitative estimate of drug-likeness (QED) is 0.595. The van der Waals surface area contributed by atoms with Crippen LogP contribution < -0.4 is 15.6 Å². The van der Waals surface area contributed by atoms with Crippen LogP contribution in [0.1, 0.15) is 10.5 Å². The van der Waals surface area contributed by atoms with Crippen molar-refractivity contribution in [3.05, 3.63) is 89.0 Å². The molecule has 0 radical (unpaired) electrons. The van der Waals surface area contributed by atoms with E-state index in [0.717, 1.165) is 0 Å². The molecule has 0 saturated heterocycles. The lowest BCUT2D eigenvalue weighted by atomic mass is 10.1. The molecule has 0 aliphatic rings. The summed E-state index contributed by atoms with van der Waals surface area (Å²) in [5, 5.41) is 7.93. The minimum absolute atomic E-state index is 0.117. The zero-order valence-corrected chi connectivity index (χ0v) is 15.0. The summed E-state index contributed by atoms with van der Waals surface area (Å²) < 4.78 is 6.46. The Bertz CT molecular complexity index is 1220. The van der Waals surface area contributed by atoms with Crippen LogP contribution in [0.3, 0.4) is 0 Å². The minimum atomic E-state index is -0.488. The van der Waals surface area contributed by atoms with E-state index < -0.39 is 5.91 Å². The third-order valence-electron chi connectivity index (χ3n) is 4.24. The fourth-order valence-electron chi connectivity index (χ4n) is 2.92. The number of fused-ring (bicyclic) bond motifs is 1. The van der Waals surface area contributed by atoms with Gasteiger partial charge in [-0.05, 0) is 30.3 Å². The minimum Gasteiger partial charge on any atom is -0.493 e. The number of ether oxygens (including phenoxy) is 1. The first-order valence-electron chi connectivity index (χ1n) is 8.57. The van der Waals surface area contributed by atoms with E-state index in [9.17, 15) is 9.59 Å². The number of carbonyl (C=O) groups is 1. The summed E-state index contributed by atoms with van der Waals surface area (Å²) in [6.07, 6.45) is 1.55. The number of aromatic nitrogens is 3. The number of nitrogens with one attached hydrogen (secondary N) is 1. The second kappa shape index (κ2) is 7.32. The van der Waals surface area contributed by atoms with Crippen LogP contribution in [0, 0.1) is 0 Å². The first-order valence-corrected chi connectivity index (χ1v) is 8.57. The van der Waals surface area contributed by atoms with Crippen molar-refractivity contribution in [3.63, 3.8) is 0 Å². The summed E-state index contributed by atoms with van der Waals surface area (Å²) >= 11 is 0. The van der Waals surface area contributed by atoms with Gasteiger partial charge in [-0.15, -0.1) is 0 Å². The first-order chi connectivity index (χ1) is 13.7. The molecule has 7 nitrogen and oxygen atoms in total. The molecule has 2 aromatic carbocycles. The Hall–Kier alpha value is -4.00. The summed E-state index contributed by atoms with van der Waals surface area (Å²) in [5.41, 5.74) is 0.392. The molecule has 28 heavy (non-hydrogen) atoms. The van der Waals surface area contributed by atoms with Crippen molar-refractivity contribution >= 4 is 22.5 Å². The molecule has 138 valence electrons. The molecule has 0 aliphatic heterocycles. The van der Waals surface area contributed by atoms with Crippen molar-refractivity contribution in [1.82, 2.24) is 14.8 Å². The Morgan fingerprint density at radius 3 is 2.43 bits per heavy atom. The first kappa shape index (κ1) is 17.4. The standard InChI is InChI=1S/C21H16N4O3/c1-28-17-12-7-13-22-19(17)23-20(26)18-15-10-5-6-11-16(15)21(27)25(24-18)14-8-3-2-4-9-14/h2-13H,1H3,(H,22,23,26). The Morgan fingerprint density at radius 2 is 1.68 bits per heavy atom. The molecule has 1 N–H and O–H groups in total. The predicted octanol–water partition coefficient (Wildman–Crippen LogP) is 3.04. The number of rotatable bonds is 4. The highest BCUT2D eigenvalue weighted by Gasteiger charge is 2.19. The maximum atomic E-state index is 13.0. The van der Waals surface area contributed by atoms with Gasteiger partial charge in [-0.1, -0.05) is 36.4 Å². The van der Waals surface area contributed by atoms with Gasteiger partial charge in [0.1, 0.15) is 0 Å². The summed E-state index contributed by atoms with van der Waals surface area (Å²) in [5.74, 6) is 0.216. The molecule has 2 aromatic heterocycles. The molecule has 0 aliphatic carbocycles. The predicted molar refractivity (Wildman–Crippen MR) is 106 cm³/mol. The van der Waals surface area contributed by atoms with Crippen LogP contribution in [0.4, 0.5) is 5.82 Å². The zero-order chi connectivity index (χ0) is 19.5. The molecule has 0 spiro atoms. The molecular formula is C21H16N4O3. The average molecular weight is 372 g/mol. The van der Waals surface area contributed by atoms with E-state index in [1.54, 1.807) is 66.9 Å². The molecule has 0 fully saturated rings. The number of anilines is 1. The van der Waals surface area contributed by atoms with Crippen molar-refractivity contribution in [1.29, 1.82) is 0 Å². The van der Waals surface area contributed by atoms with Crippen LogP contribution in [0.2, 0.25) is 0 Å². The second-order valence-electron chi connectivity index (χ2n) is 5.96. The molecule has 7 heteroatoms. The van der Waals surface area contributed by atoms with Crippen molar-refractivity contribution in [2.75, 3.05) is 12.4 Å². The molecule has 0 saturated carbocycles. The van der Waals surface area contributed by atoms with Crippen LogP contribution in [-0.4, -0.2) is 27.8 Å². The number of hydrogen-bond donors (Lipinski definition) is 1. The van der Waals surface area contributed by atoms with Crippen molar-refractivity contribution < 1.29 is 9.53 Å². The smallest absolute Gasteiger partial charge is 0.279 e. The van der Waals surface area contributed by atoms with Crippen LogP contribution >= 0.6 is 0 Å². The van der Waals surface area contributed by atoms with Gasteiger partial charge in [0, 0.05) is 11.6 Å². The number of para-hydroxylation sites is 1. The third kappa shape index (κ3) is 3.09. The Kier molecular flexibility index (Phi) is 4.55. The zero-order valence-electron chi connectivity index (χ0n) is 15.0. The highest BCUT2D eigenvalue weighted by atomic mass is 16.5. The largest absolute Gasteiger partial charge is 0.493 e. The highest BCUT2D eigenvalue weighted by molar-refractivity contribution is 6.11. The van der Waals surface area contributed by atoms with Gasteiger partial charge in [0.15, 0.2) is 17.3 Å². The number of nitrogens with zero attached hydrogens (tertiary/aromatic N) is 3. The summed E-state index contributed by atoms with van der Waals surface area (Å²) in [4.78, 5) is 30.0. The fourth-order valence-corrected chi connectivity index (χ4v) is 2.92. The van der Waals surface area contributed by atoms with E-state index in [4.69, 9.17) is 4.74 Å². The van der Waals surface area contributed by atoms with Gasteiger partial charge in [0.2, 0.25) is 0 Å². The highest BCUT2D eigenvalue weighted by Crippen LogP contribution is 2.22. The van der Waals surface area contributed by atoms with Gasteiger partial charge >= 0.3 is 0 Å². The molecule has 2 heterocycles. The number of carbonyl (C=O) groups excluding carboxylic acids is 1. The van der Waals surface area contributed by atoms with Crippen molar-refractivity contribution in [3.8, 4) is 11.4 Å². The SMILES string of the molecule is COc1cccnc1NC(=O)c1nn(-c2ccccc2)c(=O)c2ccccc12. The molecular weight excluding hydrogens is 356 g/mol. The van der Waals surface area contributed by atoms with Gasteiger partial charge in [0.05, 0.1) is 18.2 Å². The fraction of sp³-hybridized carbons (Fsp3) is 0.0476. The lowest BCUT2D eigenvalue weighted by molar-refractivity contribution is 0.102. The van der Waals surface area contributed by atoms with Gasteiger partial charge in [-0.2, -0.15) is 9.78 Å². The molecule has 4 rings (SSSR count). The maximum Gasteiger partial charge on any atom is 0.279 e. The topological polar surface area (TPSA) is 86.1 Å². The monoisotopic (exact) mass is 372 g/mol. The van der Waals surface area contributed by atoms with Gasteiger partial charge in [-0.25, -0.2) is 4.98 Å². The molecule has 0 unspecified atom stereocenters. The second-order valence-corrected chi connectivity index (χ2v) is 5.96. The van der Waals surface area contributed by atoms with Crippen LogP contribution in [-0.2, 0) is 0 Å². The Morgan fingerprint density at radius 1 is 0.964 bits per heavy atom. The number of benzene rings is 2. The van der Waals surface area contributed by atoms with E-state index in [1.165, 1.54) is 11.8 Å². The number of hydrogen-bond acceptors (Lipinski definition) is 5. The molecule has 1 amide bonds.